The first-order valence-corrected chi connectivity index (χ1v) is 14.1. The quantitative estimate of drug-likeness (QED) is 0.169. The van der Waals surface area contributed by atoms with Crippen molar-refractivity contribution in [3.05, 3.63) is 113 Å². The third-order valence-corrected chi connectivity index (χ3v) is 7.32. The maximum atomic E-state index is 8.79. The monoisotopic (exact) mass is 751 g/mol. The van der Waals surface area contributed by atoms with Crippen LogP contribution in [0.3, 0.4) is 0 Å². The molecule has 0 amide bonds. The first-order valence-electron chi connectivity index (χ1n) is 15.8. The maximum absolute atomic E-state index is 8.79. The van der Waals surface area contributed by atoms with Crippen molar-refractivity contribution in [3.8, 4) is 22.5 Å². The van der Waals surface area contributed by atoms with E-state index in [4.69, 9.17) is 11.3 Å². The van der Waals surface area contributed by atoms with Crippen LogP contribution in [0.25, 0.3) is 54.7 Å². The number of pyridine rings is 2. The molecular formula is C36H31IrN3OS-2. The molecule has 0 unspecified atom stereocenters. The van der Waals surface area contributed by atoms with E-state index in [1.54, 1.807) is 44.4 Å². The second-order valence-electron chi connectivity index (χ2n) is 10.7. The van der Waals surface area contributed by atoms with Gasteiger partial charge in [-0.05, 0) is 54.6 Å². The molecule has 0 aliphatic carbocycles. The molecule has 7 rings (SSSR count). The second kappa shape index (κ2) is 12.3. The molecule has 0 aliphatic heterocycles. The summed E-state index contributed by atoms with van der Waals surface area (Å²) >= 11 is 1.60. The second-order valence-corrected chi connectivity index (χ2v) is 11.9. The molecule has 0 aliphatic rings. The van der Waals surface area contributed by atoms with Gasteiger partial charge in [0.15, 0.2) is 0 Å². The van der Waals surface area contributed by atoms with Gasteiger partial charge in [0.25, 0.3) is 0 Å². The van der Waals surface area contributed by atoms with Gasteiger partial charge in [-0.15, -0.1) is 65.4 Å². The molecule has 213 valence electrons. The standard InChI is InChI=1S/C25H23N2OS.C11H8N.Ir/c1-14-13-26-20(11-16(14)12-25(3,4)5)19-8-6-7-17-18-9-10-21-22(27-15(2)29-21)24(18)28-23(17)19;1-2-6-10(7-3-1)11-8-4-5-9-12-11;/h6-7,9-11,13H,12H2,1-5H3;1-6,8-9H;/q2*-1;/i1D3,12D2;;. The Morgan fingerprint density at radius 3 is 2.50 bits per heavy atom. The van der Waals surface area contributed by atoms with E-state index in [1.165, 1.54) is 12.3 Å². The van der Waals surface area contributed by atoms with Crippen molar-refractivity contribution in [2.45, 2.75) is 40.9 Å². The summed E-state index contributed by atoms with van der Waals surface area (Å²) in [6.45, 7) is 4.72. The SMILES string of the molecule is [2H]C([2H])([2H])c1cnc(-c2[c-]ccc3c2oc2c3ccc3sc(C)nc32)cc1C([2H])([2H])C(C)(C)C.[Ir].[c-]1ccccc1-c1ccccn1. The molecule has 0 spiro atoms. The number of aromatic nitrogens is 3. The molecule has 6 heteroatoms. The predicted molar refractivity (Wildman–Crippen MR) is 170 cm³/mol. The number of hydrogen-bond donors (Lipinski definition) is 0. The average Bonchev–Trinajstić information content (AvgIpc) is 3.61. The van der Waals surface area contributed by atoms with Gasteiger partial charge < -0.3 is 14.4 Å². The predicted octanol–water partition coefficient (Wildman–Crippen LogP) is 9.81. The van der Waals surface area contributed by atoms with Gasteiger partial charge in [-0.1, -0.05) is 61.5 Å². The van der Waals surface area contributed by atoms with E-state index >= 15 is 0 Å². The van der Waals surface area contributed by atoms with Crippen LogP contribution in [0, 0.1) is 31.3 Å². The molecule has 0 atom stereocenters. The zero-order valence-electron chi connectivity index (χ0n) is 28.6. The fourth-order valence-corrected chi connectivity index (χ4v) is 5.49. The largest absolute Gasteiger partial charge is 0.498 e. The summed E-state index contributed by atoms with van der Waals surface area (Å²) in [6, 6.07) is 29.3. The molecule has 0 fully saturated rings. The molecule has 42 heavy (non-hydrogen) atoms. The average molecular weight is 751 g/mol. The number of benzene rings is 3. The van der Waals surface area contributed by atoms with Crippen LogP contribution in [0.1, 0.15) is 43.8 Å². The van der Waals surface area contributed by atoms with Gasteiger partial charge >= 0.3 is 0 Å². The van der Waals surface area contributed by atoms with Gasteiger partial charge in [0.05, 0.1) is 15.3 Å². The Morgan fingerprint density at radius 1 is 0.929 bits per heavy atom. The van der Waals surface area contributed by atoms with E-state index in [-0.39, 0.29) is 31.2 Å². The molecule has 0 N–H and O–H groups in total. The van der Waals surface area contributed by atoms with Crippen LogP contribution in [0.15, 0.2) is 89.6 Å². The van der Waals surface area contributed by atoms with Crippen molar-refractivity contribution in [3.63, 3.8) is 0 Å². The summed E-state index contributed by atoms with van der Waals surface area (Å²) in [5.41, 5.74) is 4.19. The van der Waals surface area contributed by atoms with Gasteiger partial charge in [-0.2, -0.15) is 0 Å². The Hall–Kier alpha value is -3.70. The van der Waals surface area contributed by atoms with Gasteiger partial charge in [0.1, 0.15) is 11.1 Å². The first-order chi connectivity index (χ1) is 21.8. The molecule has 0 saturated heterocycles. The number of hydrogen-bond acceptors (Lipinski definition) is 5. The third kappa shape index (κ3) is 6.22. The van der Waals surface area contributed by atoms with Crippen LogP contribution < -0.4 is 0 Å². The Balaban J connectivity index is 0.000000280. The molecule has 4 heterocycles. The molecule has 1 radical (unpaired) electrons. The summed E-state index contributed by atoms with van der Waals surface area (Å²) in [6.07, 6.45) is 1.13. The van der Waals surface area contributed by atoms with Crippen molar-refractivity contribution in [2.24, 2.45) is 5.41 Å². The van der Waals surface area contributed by atoms with Crippen molar-refractivity contribution in [1.82, 2.24) is 15.0 Å². The minimum atomic E-state index is -2.50. The molecule has 0 bridgehead atoms. The molecule has 0 saturated carbocycles. The summed E-state index contributed by atoms with van der Waals surface area (Å²) in [5.74, 6) is 0. The van der Waals surface area contributed by atoms with Gasteiger partial charge in [0.2, 0.25) is 0 Å². The number of thiazole rings is 1. The minimum Gasteiger partial charge on any atom is -0.498 e. The summed E-state index contributed by atoms with van der Waals surface area (Å²) < 4.78 is 48.8. The zero-order valence-corrected chi connectivity index (χ0v) is 26.8. The van der Waals surface area contributed by atoms with Gasteiger partial charge in [-0.3, -0.25) is 0 Å². The van der Waals surface area contributed by atoms with Crippen molar-refractivity contribution < 1.29 is 31.4 Å². The Bertz CT molecular complexity index is 2140. The van der Waals surface area contributed by atoms with Gasteiger partial charge in [0, 0.05) is 44.7 Å². The Labute approximate surface area is 271 Å². The summed E-state index contributed by atoms with van der Waals surface area (Å²) in [4.78, 5) is 13.3. The molecule has 4 nitrogen and oxygen atoms in total. The minimum absolute atomic E-state index is 0. The number of furan rings is 1. The van der Waals surface area contributed by atoms with Crippen LogP contribution in [0.5, 0.6) is 0 Å². The number of aryl methyl sites for hydroxylation is 2. The first kappa shape index (κ1) is 23.8. The molecule has 4 aromatic heterocycles. The number of fused-ring (bicyclic) bond motifs is 5. The van der Waals surface area contributed by atoms with E-state index in [0.29, 0.717) is 22.4 Å². The summed E-state index contributed by atoms with van der Waals surface area (Å²) in [7, 11) is 0. The van der Waals surface area contributed by atoms with Crippen LogP contribution in [-0.2, 0) is 26.5 Å². The van der Waals surface area contributed by atoms with E-state index in [0.717, 1.165) is 37.3 Å². The fraction of sp³-hybridized carbons (Fsp3) is 0.194. The van der Waals surface area contributed by atoms with E-state index in [2.05, 4.69) is 27.1 Å². The summed E-state index contributed by atoms with van der Waals surface area (Å²) in [5, 5.41) is 2.75. The van der Waals surface area contributed by atoms with E-state index < -0.39 is 18.6 Å². The maximum Gasteiger partial charge on any atom is 0.148 e. The van der Waals surface area contributed by atoms with Crippen LogP contribution in [0.2, 0.25) is 0 Å². The van der Waals surface area contributed by atoms with Crippen molar-refractivity contribution in [1.29, 1.82) is 0 Å². The number of rotatable bonds is 3. The van der Waals surface area contributed by atoms with Crippen LogP contribution in [0.4, 0.5) is 0 Å². The number of nitrogens with zero attached hydrogens (tertiary/aromatic N) is 3. The zero-order chi connectivity index (χ0) is 32.9. The topological polar surface area (TPSA) is 51.8 Å². The Kier molecular flexibility index (Phi) is 6.96. The third-order valence-electron chi connectivity index (χ3n) is 6.38. The van der Waals surface area contributed by atoms with Crippen LogP contribution >= 0.6 is 11.3 Å². The smallest absolute Gasteiger partial charge is 0.148 e. The molecule has 7 aromatic rings. The molecular weight excluding hydrogens is 715 g/mol. The van der Waals surface area contributed by atoms with E-state index in [1.807, 2.05) is 67.6 Å². The van der Waals surface area contributed by atoms with Gasteiger partial charge in [-0.25, -0.2) is 4.98 Å². The van der Waals surface area contributed by atoms with E-state index in [9.17, 15) is 0 Å². The van der Waals surface area contributed by atoms with Crippen LogP contribution in [-0.4, -0.2) is 15.0 Å². The van der Waals surface area contributed by atoms with Crippen molar-refractivity contribution in [2.75, 3.05) is 0 Å². The fourth-order valence-electron chi connectivity index (χ4n) is 4.67. The Morgan fingerprint density at radius 2 is 1.76 bits per heavy atom. The molecule has 3 aromatic carbocycles. The van der Waals surface area contributed by atoms with Crippen molar-refractivity contribution >= 4 is 43.5 Å². The normalized spacial score (nSPS) is 13.8.